The van der Waals surface area contributed by atoms with E-state index < -0.39 is 0 Å². The fraction of sp³-hybridized carbons (Fsp3) is 0.263. The molecule has 5 rings (SSSR count). The fourth-order valence-electron chi connectivity index (χ4n) is 3.38. The third-order valence-corrected chi connectivity index (χ3v) is 5.74. The van der Waals surface area contributed by atoms with Crippen LogP contribution < -0.4 is 0 Å². The fourth-order valence-corrected chi connectivity index (χ4v) is 4.16. The van der Waals surface area contributed by atoms with E-state index in [0.29, 0.717) is 24.3 Å². The SMILES string of the molecule is O=C(c1cnn2cccnc12)N1CCN(Cc2csc(-c3ccco3)n2)CC1. The van der Waals surface area contributed by atoms with Gasteiger partial charge in [-0.2, -0.15) is 5.10 Å². The number of hydrogen-bond acceptors (Lipinski definition) is 7. The third-order valence-electron chi connectivity index (χ3n) is 4.84. The van der Waals surface area contributed by atoms with Crippen molar-refractivity contribution in [2.45, 2.75) is 6.54 Å². The maximum atomic E-state index is 12.9. The lowest BCUT2D eigenvalue weighted by molar-refractivity contribution is 0.0629. The highest BCUT2D eigenvalue weighted by atomic mass is 32.1. The monoisotopic (exact) mass is 394 g/mol. The van der Waals surface area contributed by atoms with E-state index in [0.717, 1.165) is 36.1 Å². The van der Waals surface area contributed by atoms with Gasteiger partial charge in [0.15, 0.2) is 16.4 Å². The second kappa shape index (κ2) is 7.17. The van der Waals surface area contributed by atoms with Crippen molar-refractivity contribution in [2.24, 2.45) is 0 Å². The molecule has 1 aliphatic rings. The summed E-state index contributed by atoms with van der Waals surface area (Å²) in [5, 5.41) is 7.18. The summed E-state index contributed by atoms with van der Waals surface area (Å²) in [6, 6.07) is 5.58. The Morgan fingerprint density at radius 3 is 2.93 bits per heavy atom. The Morgan fingerprint density at radius 1 is 1.21 bits per heavy atom. The van der Waals surface area contributed by atoms with Crippen molar-refractivity contribution in [3.8, 4) is 10.8 Å². The van der Waals surface area contributed by atoms with Gasteiger partial charge < -0.3 is 9.32 Å². The predicted molar refractivity (Wildman–Crippen MR) is 104 cm³/mol. The largest absolute Gasteiger partial charge is 0.462 e. The molecule has 0 saturated carbocycles. The molecule has 0 aromatic carbocycles. The van der Waals surface area contributed by atoms with Crippen LogP contribution in [0.15, 0.2) is 52.9 Å². The Bertz CT molecular complexity index is 1090. The summed E-state index contributed by atoms with van der Waals surface area (Å²) in [5.41, 5.74) is 2.18. The molecule has 1 fully saturated rings. The Kier molecular flexibility index (Phi) is 4.38. The molecule has 4 aromatic rings. The van der Waals surface area contributed by atoms with Crippen LogP contribution in [0.4, 0.5) is 0 Å². The molecular weight excluding hydrogens is 376 g/mol. The molecule has 0 spiro atoms. The first kappa shape index (κ1) is 17.1. The minimum Gasteiger partial charge on any atom is -0.462 e. The Balaban J connectivity index is 1.21. The molecule has 1 saturated heterocycles. The quantitative estimate of drug-likeness (QED) is 0.529. The van der Waals surface area contributed by atoms with E-state index in [1.165, 1.54) is 0 Å². The van der Waals surface area contributed by atoms with E-state index in [-0.39, 0.29) is 5.91 Å². The summed E-state index contributed by atoms with van der Waals surface area (Å²) in [6.45, 7) is 3.76. The summed E-state index contributed by atoms with van der Waals surface area (Å²) in [4.78, 5) is 26.0. The molecule has 1 amide bonds. The maximum Gasteiger partial charge on any atom is 0.259 e. The number of fused-ring (bicyclic) bond motifs is 1. The molecule has 0 bridgehead atoms. The molecule has 8 nitrogen and oxygen atoms in total. The predicted octanol–water partition coefficient (Wildman–Crippen LogP) is 2.40. The number of piperazine rings is 1. The molecule has 1 aliphatic heterocycles. The topological polar surface area (TPSA) is 79.8 Å². The van der Waals surface area contributed by atoms with Crippen molar-refractivity contribution in [3.63, 3.8) is 0 Å². The van der Waals surface area contributed by atoms with Crippen molar-refractivity contribution >= 4 is 22.9 Å². The molecule has 28 heavy (non-hydrogen) atoms. The van der Waals surface area contributed by atoms with Gasteiger partial charge in [-0.05, 0) is 18.2 Å². The van der Waals surface area contributed by atoms with Crippen molar-refractivity contribution in [3.05, 3.63) is 59.7 Å². The van der Waals surface area contributed by atoms with Crippen molar-refractivity contribution in [1.29, 1.82) is 0 Å². The van der Waals surface area contributed by atoms with Gasteiger partial charge >= 0.3 is 0 Å². The molecule has 0 unspecified atom stereocenters. The van der Waals surface area contributed by atoms with Crippen LogP contribution >= 0.6 is 11.3 Å². The number of hydrogen-bond donors (Lipinski definition) is 0. The van der Waals surface area contributed by atoms with E-state index in [1.807, 2.05) is 17.0 Å². The van der Waals surface area contributed by atoms with E-state index in [2.05, 4.69) is 25.3 Å². The highest BCUT2D eigenvalue weighted by Crippen LogP contribution is 2.24. The van der Waals surface area contributed by atoms with Crippen molar-refractivity contribution in [2.75, 3.05) is 26.2 Å². The Morgan fingerprint density at radius 2 is 2.11 bits per heavy atom. The molecule has 0 aliphatic carbocycles. The molecule has 5 heterocycles. The summed E-state index contributed by atoms with van der Waals surface area (Å²) in [7, 11) is 0. The first-order valence-electron chi connectivity index (χ1n) is 9.06. The number of carbonyl (C=O) groups is 1. The molecular formula is C19H18N6O2S. The summed E-state index contributed by atoms with van der Waals surface area (Å²) in [6.07, 6.45) is 6.73. The lowest BCUT2D eigenvalue weighted by atomic mass is 10.2. The summed E-state index contributed by atoms with van der Waals surface area (Å²) >= 11 is 1.59. The number of nitrogens with zero attached hydrogens (tertiary/aromatic N) is 6. The van der Waals surface area contributed by atoms with Gasteiger partial charge in [0.1, 0.15) is 5.56 Å². The number of rotatable bonds is 4. The van der Waals surface area contributed by atoms with Crippen molar-refractivity contribution < 1.29 is 9.21 Å². The maximum absolute atomic E-state index is 12.9. The zero-order chi connectivity index (χ0) is 18.9. The van der Waals surface area contributed by atoms with E-state index in [1.54, 1.807) is 46.8 Å². The van der Waals surface area contributed by atoms with E-state index in [9.17, 15) is 4.79 Å². The van der Waals surface area contributed by atoms with Crippen LogP contribution in [0.25, 0.3) is 16.4 Å². The van der Waals surface area contributed by atoms with Gasteiger partial charge in [0.05, 0.1) is 18.2 Å². The van der Waals surface area contributed by atoms with Crippen molar-refractivity contribution in [1.82, 2.24) is 29.4 Å². The van der Waals surface area contributed by atoms with Crippen LogP contribution in [0.2, 0.25) is 0 Å². The second-order valence-corrected chi connectivity index (χ2v) is 7.49. The zero-order valence-corrected chi connectivity index (χ0v) is 15.9. The average Bonchev–Trinajstić information content (AvgIpc) is 3.48. The number of furan rings is 1. The third kappa shape index (κ3) is 3.19. The van der Waals surface area contributed by atoms with Crippen LogP contribution in [0, 0.1) is 0 Å². The van der Waals surface area contributed by atoms with Gasteiger partial charge in [0.2, 0.25) is 0 Å². The van der Waals surface area contributed by atoms with Gasteiger partial charge in [-0.15, -0.1) is 11.3 Å². The highest BCUT2D eigenvalue weighted by Gasteiger charge is 2.25. The number of aromatic nitrogens is 4. The smallest absolute Gasteiger partial charge is 0.259 e. The molecule has 0 atom stereocenters. The minimum absolute atomic E-state index is 0.0119. The summed E-state index contributed by atoms with van der Waals surface area (Å²) < 4.78 is 7.03. The molecule has 4 aromatic heterocycles. The van der Waals surface area contributed by atoms with Gasteiger partial charge in [-0.3, -0.25) is 9.69 Å². The second-order valence-electron chi connectivity index (χ2n) is 6.64. The molecule has 142 valence electrons. The zero-order valence-electron chi connectivity index (χ0n) is 15.1. The van der Waals surface area contributed by atoms with Gasteiger partial charge in [0.25, 0.3) is 5.91 Å². The van der Waals surface area contributed by atoms with Gasteiger partial charge in [-0.1, -0.05) is 0 Å². The van der Waals surface area contributed by atoms with Crippen LogP contribution in [0.5, 0.6) is 0 Å². The lowest BCUT2D eigenvalue weighted by Crippen LogP contribution is -2.48. The van der Waals surface area contributed by atoms with Crippen LogP contribution in [0.1, 0.15) is 16.1 Å². The number of carbonyl (C=O) groups excluding carboxylic acids is 1. The standard InChI is InChI=1S/C19H18N6O2S/c26-19(15-11-21-25-5-2-4-20-17(15)25)24-8-6-23(7-9-24)12-14-13-28-18(22-14)16-3-1-10-27-16/h1-5,10-11,13H,6-9,12H2. The first-order valence-corrected chi connectivity index (χ1v) is 9.94. The normalized spacial score (nSPS) is 15.4. The van der Waals surface area contributed by atoms with Gasteiger partial charge in [-0.25, -0.2) is 14.5 Å². The average molecular weight is 394 g/mol. The first-order chi connectivity index (χ1) is 13.8. The molecule has 0 N–H and O–H groups in total. The highest BCUT2D eigenvalue weighted by molar-refractivity contribution is 7.13. The van der Waals surface area contributed by atoms with E-state index in [4.69, 9.17) is 4.42 Å². The number of amides is 1. The van der Waals surface area contributed by atoms with Crippen LogP contribution in [-0.4, -0.2) is 61.5 Å². The van der Waals surface area contributed by atoms with Gasteiger partial charge in [0, 0.05) is 50.5 Å². The lowest BCUT2D eigenvalue weighted by Gasteiger charge is -2.34. The Hall–Kier alpha value is -3.04. The minimum atomic E-state index is -0.0119. The molecule has 9 heteroatoms. The Labute approximate surface area is 165 Å². The summed E-state index contributed by atoms with van der Waals surface area (Å²) in [5.74, 6) is 0.788. The van der Waals surface area contributed by atoms with Crippen LogP contribution in [0.3, 0.4) is 0 Å². The van der Waals surface area contributed by atoms with E-state index >= 15 is 0 Å². The number of thiazole rings is 1. The van der Waals surface area contributed by atoms with Crippen LogP contribution in [-0.2, 0) is 6.54 Å². The molecule has 0 radical (unpaired) electrons.